The van der Waals surface area contributed by atoms with Crippen molar-refractivity contribution in [2.24, 2.45) is 0 Å². The molecule has 392 valence electrons. The maximum absolute atomic E-state index is 14.4. The highest BCUT2D eigenvalue weighted by atomic mass is 31.2. The van der Waals surface area contributed by atoms with Crippen LogP contribution in [-0.2, 0) is 0 Å². The van der Waals surface area contributed by atoms with Crippen LogP contribution in [0.3, 0.4) is 0 Å². The number of rotatable bonds is 28. The third-order valence-corrected chi connectivity index (χ3v) is 23.4. The maximum atomic E-state index is 14.4. The molecule has 4 rings (SSSR count). The number of unbranched alkanes of at least 4 members (excludes halogenated alkanes) is 12. The Morgan fingerprint density at radius 2 is 0.443 bits per heavy atom. The molecular weight excluding hydrogens is 963 g/mol. The van der Waals surface area contributed by atoms with Gasteiger partial charge in [0, 0.05) is 37.0 Å². The van der Waals surface area contributed by atoms with Crippen LogP contribution < -0.4 is 26.0 Å². The Balaban J connectivity index is 0.000000374. The smallest absolute Gasteiger partial charge is 0.204 e. The van der Waals surface area contributed by atoms with Gasteiger partial charge in [-0.1, -0.05) is 167 Å². The van der Waals surface area contributed by atoms with Gasteiger partial charge < -0.3 is 0 Å². The van der Waals surface area contributed by atoms with E-state index in [0.717, 1.165) is 0 Å². The van der Waals surface area contributed by atoms with Crippen molar-refractivity contribution < 1.29 is 52.7 Å². The molecule has 0 aliphatic rings. The SMILES string of the molecule is CCCCCP(CCCCC)(CCCCC)=[N+]=P(CCCCC)(CCCCC)CCCCC.Fc1cc([B-](c2cc(F)c(F)c(F)c2)(c2cc(F)c(F)c(F)c2)c2cc(F)c(F)c(F)c2)cc(F)c1F. The normalized spacial score (nSPS) is 12.0. The van der Waals surface area contributed by atoms with E-state index in [1.165, 1.54) is 153 Å². The number of benzene rings is 4. The third-order valence-electron chi connectivity index (χ3n) is 13.5. The van der Waals surface area contributed by atoms with Crippen LogP contribution in [0.2, 0.25) is 0 Å². The standard InChI is InChI=1S/C30H66NP2.C24H8BF12/c1-7-13-19-25-32(26-20-14-8-2,27-21-15-9-3)31-33(28-22-16-10-4,29-23-17-11-5)30-24-18-12-6;26-13-1-9(2-14(27)21(13)34)25(10-3-15(28)22(35)16(29)4-10,11-5-17(30)23(36)18(31)6-11)12-7-19(32)24(37)20(33)8-12/h7-30H2,1-6H3;1-8H/q+1;-1. The minimum atomic E-state index is -4.01. The molecule has 1 nitrogen and oxygen atoms in total. The predicted molar refractivity (Wildman–Crippen MR) is 272 cm³/mol. The molecule has 0 saturated heterocycles. The molecule has 0 fully saturated rings. The van der Waals surface area contributed by atoms with Crippen LogP contribution in [0, 0.1) is 69.8 Å². The minimum absolute atomic E-state index is 0.177. The lowest BCUT2D eigenvalue weighted by Crippen LogP contribution is -2.75. The van der Waals surface area contributed by atoms with E-state index in [1.807, 2.05) is 0 Å². The van der Waals surface area contributed by atoms with Crippen molar-refractivity contribution in [1.82, 2.24) is 4.17 Å². The summed E-state index contributed by atoms with van der Waals surface area (Å²) in [6.45, 7) is 14.3. The summed E-state index contributed by atoms with van der Waals surface area (Å²) in [7, 11) is -2.36. The number of halogens is 12. The van der Waals surface area contributed by atoms with Crippen molar-refractivity contribution in [2.75, 3.05) is 37.0 Å². The van der Waals surface area contributed by atoms with Gasteiger partial charge in [0.25, 0.3) is 0 Å². The number of hydrogen-bond donors (Lipinski definition) is 0. The topological polar surface area (TPSA) is 14.1 Å². The first-order valence-electron chi connectivity index (χ1n) is 25.6. The first-order chi connectivity index (χ1) is 33.4. The molecular formula is C54H74BF12NP2. The summed E-state index contributed by atoms with van der Waals surface area (Å²) in [5, 5.41) is 0. The molecule has 0 atom stereocenters. The summed E-state index contributed by atoms with van der Waals surface area (Å²) in [6.07, 6.45) is 30.3. The fourth-order valence-electron chi connectivity index (χ4n) is 9.73. The maximum Gasteiger partial charge on any atom is 0.216 e. The van der Waals surface area contributed by atoms with Crippen molar-refractivity contribution >= 4 is 42.1 Å². The third kappa shape index (κ3) is 16.3. The van der Waals surface area contributed by atoms with Crippen molar-refractivity contribution in [3.8, 4) is 0 Å². The average molecular weight is 1040 g/mol. The van der Waals surface area contributed by atoms with Gasteiger partial charge in [-0.2, -0.15) is 26.0 Å². The van der Waals surface area contributed by atoms with E-state index in [9.17, 15) is 52.7 Å². The molecule has 0 heterocycles. The second-order valence-corrected chi connectivity index (χ2v) is 26.7. The van der Waals surface area contributed by atoms with Crippen LogP contribution in [0.5, 0.6) is 0 Å². The Kier molecular flexibility index (Phi) is 26.1. The first-order valence-corrected chi connectivity index (χ1v) is 30.2. The van der Waals surface area contributed by atoms with E-state index in [4.69, 9.17) is 4.17 Å². The quantitative estimate of drug-likeness (QED) is 0.0134. The lowest BCUT2D eigenvalue weighted by molar-refractivity contribution is 0.447. The Labute approximate surface area is 410 Å². The average Bonchev–Trinajstić information content (AvgIpc) is 3.31. The largest absolute Gasteiger partial charge is 0.216 e. The Hall–Kier alpha value is -3.33. The number of nitrogens with zero attached hydrogens (tertiary/aromatic N) is 1. The molecule has 16 heteroatoms. The van der Waals surface area contributed by atoms with Gasteiger partial charge in [-0.05, 0) is 38.5 Å². The van der Waals surface area contributed by atoms with Crippen molar-refractivity contribution in [3.63, 3.8) is 0 Å². The van der Waals surface area contributed by atoms with Gasteiger partial charge in [0.05, 0.1) is 0 Å². The molecule has 0 aliphatic heterocycles. The van der Waals surface area contributed by atoms with Crippen molar-refractivity contribution in [1.29, 1.82) is 0 Å². The van der Waals surface area contributed by atoms with Gasteiger partial charge in [-0.25, -0.2) is 52.7 Å². The van der Waals surface area contributed by atoms with E-state index < -0.39 is 112 Å². The zero-order valence-corrected chi connectivity index (χ0v) is 43.8. The second kappa shape index (κ2) is 30.0. The van der Waals surface area contributed by atoms with Gasteiger partial charge >= 0.3 is 0 Å². The highest BCUT2D eigenvalue weighted by molar-refractivity contribution is 7.73. The van der Waals surface area contributed by atoms with Crippen molar-refractivity contribution in [2.45, 2.75) is 157 Å². The lowest BCUT2D eigenvalue weighted by atomic mass is 9.13. The van der Waals surface area contributed by atoms with Gasteiger partial charge in [-0.3, -0.25) is 0 Å². The zero-order valence-electron chi connectivity index (χ0n) is 42.0. The fraction of sp³-hybridized carbons (Fsp3) is 0.556. The van der Waals surface area contributed by atoms with Gasteiger partial charge in [0.1, 0.15) is 6.15 Å². The monoisotopic (exact) mass is 1040 g/mol. The van der Waals surface area contributed by atoms with Gasteiger partial charge in [0.2, 0.25) is 14.1 Å². The van der Waals surface area contributed by atoms with Crippen LogP contribution in [0.25, 0.3) is 0 Å². The van der Waals surface area contributed by atoms with Gasteiger partial charge in [0.15, 0.2) is 69.8 Å². The fourth-order valence-corrected chi connectivity index (χ4v) is 21.3. The Morgan fingerprint density at radius 1 is 0.286 bits per heavy atom. The highest BCUT2D eigenvalue weighted by Crippen LogP contribution is 2.56. The molecule has 0 unspecified atom stereocenters. The molecule has 0 amide bonds. The molecule has 4 aromatic carbocycles. The molecule has 70 heavy (non-hydrogen) atoms. The van der Waals surface area contributed by atoms with E-state index >= 15 is 0 Å². The summed E-state index contributed by atoms with van der Waals surface area (Å²) < 4.78 is 176. The van der Waals surface area contributed by atoms with Gasteiger partial charge in [-0.15, -0.1) is 0 Å². The zero-order chi connectivity index (χ0) is 52.1. The highest BCUT2D eigenvalue weighted by Gasteiger charge is 2.38. The predicted octanol–water partition coefficient (Wildman–Crippen LogP) is 16.3. The second-order valence-electron chi connectivity index (χ2n) is 18.9. The van der Waals surface area contributed by atoms with E-state index in [1.54, 1.807) is 0 Å². The van der Waals surface area contributed by atoms with Crippen molar-refractivity contribution in [3.05, 3.63) is 118 Å². The molecule has 0 radical (unpaired) electrons. The summed E-state index contributed by atoms with van der Waals surface area (Å²) in [4.78, 5) is 0. The summed E-state index contributed by atoms with van der Waals surface area (Å²) >= 11 is 0. The van der Waals surface area contributed by atoms with E-state index in [-0.39, 0.29) is 48.5 Å². The van der Waals surface area contributed by atoms with E-state index in [0.29, 0.717) is 0 Å². The Bertz CT molecular complexity index is 1960. The molecule has 0 bridgehead atoms. The van der Waals surface area contributed by atoms with Crippen LogP contribution in [0.1, 0.15) is 157 Å². The summed E-state index contributed by atoms with van der Waals surface area (Å²) in [5.41, 5.74) is -3.79. The molecule has 4 aromatic rings. The summed E-state index contributed by atoms with van der Waals surface area (Å²) in [6, 6.07) is 1.41. The molecule has 0 aromatic heterocycles. The Morgan fingerprint density at radius 3 is 0.586 bits per heavy atom. The van der Waals surface area contributed by atoms with E-state index in [2.05, 4.69) is 41.5 Å². The molecule has 0 N–H and O–H groups in total. The first kappa shape index (κ1) is 61.0. The lowest BCUT2D eigenvalue weighted by Gasteiger charge is -2.44. The van der Waals surface area contributed by atoms with Crippen LogP contribution in [-0.4, -0.2) is 43.1 Å². The van der Waals surface area contributed by atoms with Crippen LogP contribution >= 0.6 is 14.1 Å². The molecule has 0 aliphatic carbocycles. The minimum Gasteiger partial charge on any atom is -0.204 e. The molecule has 0 saturated carbocycles. The van der Waals surface area contributed by atoms with Crippen LogP contribution in [0.4, 0.5) is 52.7 Å². The van der Waals surface area contributed by atoms with Crippen LogP contribution in [0.15, 0.2) is 48.5 Å². The number of hydrogen-bond acceptors (Lipinski definition) is 0. The molecule has 0 spiro atoms. The summed E-state index contributed by atoms with van der Waals surface area (Å²) in [5.74, 6) is -24.0.